The number of nitrogens with zero attached hydrogens (tertiary/aromatic N) is 4. The van der Waals surface area contributed by atoms with Gasteiger partial charge in [0.2, 0.25) is 11.1 Å². The monoisotopic (exact) mass is 286 g/mol. The van der Waals surface area contributed by atoms with E-state index in [9.17, 15) is 10.1 Å². The maximum Gasteiger partial charge on any atom is 0.332 e. The molecule has 0 saturated carbocycles. The second-order valence-electron chi connectivity index (χ2n) is 4.46. The minimum atomic E-state index is -0.461. The van der Waals surface area contributed by atoms with Gasteiger partial charge in [-0.25, -0.2) is 4.98 Å². The number of aromatic nitrogens is 2. The molecule has 1 fully saturated rings. The summed E-state index contributed by atoms with van der Waals surface area (Å²) in [7, 11) is 1.79. The van der Waals surface area contributed by atoms with E-state index in [1.54, 1.807) is 18.9 Å². The van der Waals surface area contributed by atoms with Crippen LogP contribution in [-0.4, -0.2) is 41.2 Å². The van der Waals surface area contributed by atoms with E-state index < -0.39 is 4.92 Å². The molecule has 0 unspecified atom stereocenters. The number of ether oxygens (including phenoxy) is 1. The maximum atomic E-state index is 11.2. The van der Waals surface area contributed by atoms with E-state index in [-0.39, 0.29) is 28.5 Å². The molecule has 0 aromatic carbocycles. The molecule has 1 aliphatic heterocycles. The Morgan fingerprint density at radius 2 is 2.05 bits per heavy atom. The Morgan fingerprint density at radius 3 is 2.63 bits per heavy atom. The van der Waals surface area contributed by atoms with E-state index in [0.29, 0.717) is 13.2 Å². The normalized spacial score (nSPS) is 16.4. The number of anilines is 1. The predicted octanol–water partition coefficient (Wildman–Crippen LogP) is 1.96. The van der Waals surface area contributed by atoms with E-state index in [4.69, 9.17) is 16.3 Å². The van der Waals surface area contributed by atoms with Gasteiger partial charge in [0.25, 0.3) is 0 Å². The lowest BCUT2D eigenvalue weighted by atomic mass is 10.1. The first-order chi connectivity index (χ1) is 9.00. The van der Waals surface area contributed by atoms with Crippen molar-refractivity contribution < 1.29 is 9.66 Å². The molecular formula is C11H15ClN4O3. The fourth-order valence-electron chi connectivity index (χ4n) is 2.22. The van der Waals surface area contributed by atoms with Crippen LogP contribution < -0.4 is 4.90 Å². The summed E-state index contributed by atoms with van der Waals surface area (Å²) < 4.78 is 5.29. The Morgan fingerprint density at radius 1 is 1.42 bits per heavy atom. The van der Waals surface area contributed by atoms with Gasteiger partial charge in [-0.3, -0.25) is 10.1 Å². The Hall–Kier alpha value is -1.47. The molecule has 1 saturated heterocycles. The molecule has 2 rings (SSSR count). The molecule has 1 aromatic rings. The summed E-state index contributed by atoms with van der Waals surface area (Å²) in [5.74, 6) is 0.273. The van der Waals surface area contributed by atoms with Crippen molar-refractivity contribution in [2.45, 2.75) is 25.8 Å². The highest BCUT2D eigenvalue weighted by atomic mass is 35.5. The molecule has 8 heteroatoms. The molecule has 19 heavy (non-hydrogen) atoms. The number of hydrogen-bond donors (Lipinski definition) is 0. The second kappa shape index (κ2) is 5.66. The summed E-state index contributed by atoms with van der Waals surface area (Å²) in [6.45, 7) is 2.87. The molecule has 0 aliphatic carbocycles. The van der Waals surface area contributed by atoms with Gasteiger partial charge in [0.05, 0.1) is 4.92 Å². The van der Waals surface area contributed by atoms with Crippen molar-refractivity contribution in [1.82, 2.24) is 9.97 Å². The van der Waals surface area contributed by atoms with Gasteiger partial charge in [-0.1, -0.05) is 0 Å². The van der Waals surface area contributed by atoms with Crippen LogP contribution in [0.3, 0.4) is 0 Å². The quantitative estimate of drug-likeness (QED) is 0.480. The first-order valence-corrected chi connectivity index (χ1v) is 6.37. The molecule has 1 aliphatic rings. The van der Waals surface area contributed by atoms with Gasteiger partial charge < -0.3 is 9.64 Å². The zero-order valence-electron chi connectivity index (χ0n) is 10.8. The van der Waals surface area contributed by atoms with Crippen LogP contribution in [0.1, 0.15) is 18.5 Å². The van der Waals surface area contributed by atoms with Crippen LogP contribution in [0.5, 0.6) is 0 Å². The molecule has 0 N–H and O–H groups in total. The second-order valence-corrected chi connectivity index (χ2v) is 4.80. The first kappa shape index (κ1) is 14.0. The van der Waals surface area contributed by atoms with E-state index in [2.05, 4.69) is 9.97 Å². The number of hydrogen-bond acceptors (Lipinski definition) is 6. The summed E-state index contributed by atoms with van der Waals surface area (Å²) in [5, 5.41) is 11.2. The lowest BCUT2D eigenvalue weighted by Gasteiger charge is -2.31. The van der Waals surface area contributed by atoms with E-state index in [1.807, 2.05) is 0 Å². The zero-order chi connectivity index (χ0) is 14.0. The summed E-state index contributed by atoms with van der Waals surface area (Å²) >= 11 is 5.81. The Bertz CT molecular complexity index is 491. The third-order valence-electron chi connectivity index (χ3n) is 3.27. The smallest absolute Gasteiger partial charge is 0.332 e. The van der Waals surface area contributed by atoms with Crippen LogP contribution >= 0.6 is 11.6 Å². The summed E-state index contributed by atoms with van der Waals surface area (Å²) in [6, 6.07) is 0.165. The largest absolute Gasteiger partial charge is 0.381 e. The molecule has 0 atom stereocenters. The topological polar surface area (TPSA) is 81.4 Å². The van der Waals surface area contributed by atoms with Gasteiger partial charge in [0, 0.05) is 26.3 Å². The first-order valence-electron chi connectivity index (χ1n) is 6.00. The molecule has 2 heterocycles. The van der Waals surface area contributed by atoms with Crippen molar-refractivity contribution in [3.05, 3.63) is 21.1 Å². The number of nitro groups is 1. The highest BCUT2D eigenvalue weighted by Crippen LogP contribution is 2.31. The van der Waals surface area contributed by atoms with Crippen molar-refractivity contribution in [3.63, 3.8) is 0 Å². The Kier molecular flexibility index (Phi) is 4.16. The van der Waals surface area contributed by atoms with Crippen molar-refractivity contribution in [1.29, 1.82) is 0 Å². The summed E-state index contributed by atoms with van der Waals surface area (Å²) in [6.07, 6.45) is 1.63. The molecule has 0 spiro atoms. The van der Waals surface area contributed by atoms with Crippen LogP contribution in [-0.2, 0) is 4.74 Å². The Labute approximate surface area is 115 Å². The van der Waals surface area contributed by atoms with Crippen LogP contribution in [0.4, 0.5) is 11.5 Å². The third kappa shape index (κ3) is 2.93. The van der Waals surface area contributed by atoms with Crippen molar-refractivity contribution in [2.24, 2.45) is 0 Å². The molecule has 7 nitrogen and oxygen atoms in total. The lowest BCUT2D eigenvalue weighted by molar-refractivity contribution is -0.385. The molecule has 1 aromatic heterocycles. The van der Waals surface area contributed by atoms with Crippen LogP contribution in [0, 0.1) is 17.0 Å². The van der Waals surface area contributed by atoms with E-state index in [0.717, 1.165) is 12.8 Å². The molecule has 0 radical (unpaired) electrons. The minimum Gasteiger partial charge on any atom is -0.381 e. The van der Waals surface area contributed by atoms with Crippen LogP contribution in [0.25, 0.3) is 0 Å². The zero-order valence-corrected chi connectivity index (χ0v) is 11.6. The molecule has 0 amide bonds. The average Bonchev–Trinajstić information content (AvgIpc) is 2.37. The SMILES string of the molecule is Cc1nc(Cl)nc(N(C)C2CCOCC2)c1[N+](=O)[O-]. The molecular weight excluding hydrogens is 272 g/mol. The van der Waals surface area contributed by atoms with Gasteiger partial charge in [0.15, 0.2) is 0 Å². The summed E-state index contributed by atoms with van der Waals surface area (Å²) in [5.41, 5.74) is 0.192. The highest BCUT2D eigenvalue weighted by Gasteiger charge is 2.29. The van der Waals surface area contributed by atoms with Crippen molar-refractivity contribution in [2.75, 3.05) is 25.2 Å². The van der Waals surface area contributed by atoms with E-state index >= 15 is 0 Å². The minimum absolute atomic E-state index is 0.0250. The summed E-state index contributed by atoms with van der Waals surface area (Å²) in [4.78, 5) is 20.4. The van der Waals surface area contributed by atoms with Gasteiger partial charge in [0.1, 0.15) is 5.69 Å². The number of halogens is 1. The fraction of sp³-hybridized carbons (Fsp3) is 0.636. The van der Waals surface area contributed by atoms with E-state index in [1.165, 1.54) is 0 Å². The maximum absolute atomic E-state index is 11.2. The predicted molar refractivity (Wildman–Crippen MR) is 70.7 cm³/mol. The van der Waals surface area contributed by atoms with Gasteiger partial charge in [-0.05, 0) is 31.4 Å². The van der Waals surface area contributed by atoms with Crippen LogP contribution in [0.15, 0.2) is 0 Å². The molecule has 104 valence electrons. The van der Waals surface area contributed by atoms with Gasteiger partial charge in [-0.15, -0.1) is 0 Å². The van der Waals surface area contributed by atoms with Crippen molar-refractivity contribution >= 4 is 23.1 Å². The number of rotatable bonds is 3. The third-order valence-corrected chi connectivity index (χ3v) is 3.44. The highest BCUT2D eigenvalue weighted by molar-refractivity contribution is 6.28. The lowest BCUT2D eigenvalue weighted by Crippen LogP contribution is -2.37. The number of aryl methyl sites for hydroxylation is 1. The van der Waals surface area contributed by atoms with Gasteiger partial charge in [-0.2, -0.15) is 4.98 Å². The molecule has 0 bridgehead atoms. The van der Waals surface area contributed by atoms with Crippen LogP contribution in [0.2, 0.25) is 5.28 Å². The van der Waals surface area contributed by atoms with Gasteiger partial charge >= 0.3 is 5.69 Å². The fourth-order valence-corrected chi connectivity index (χ4v) is 2.43. The Balaban J connectivity index is 2.39. The van der Waals surface area contributed by atoms with Crippen molar-refractivity contribution in [3.8, 4) is 0 Å². The average molecular weight is 287 g/mol. The standard InChI is InChI=1S/C11H15ClN4O3/c1-7-9(16(17)18)10(14-11(12)13-7)15(2)8-3-5-19-6-4-8/h8H,3-6H2,1-2H3.